The predicted molar refractivity (Wildman–Crippen MR) is 81.3 cm³/mol. The van der Waals surface area contributed by atoms with E-state index in [1.165, 1.54) is 11.1 Å². The molecule has 0 saturated carbocycles. The van der Waals surface area contributed by atoms with Crippen molar-refractivity contribution in [3.63, 3.8) is 0 Å². The minimum absolute atomic E-state index is 0.0438. The Morgan fingerprint density at radius 3 is 2.70 bits per heavy atom. The van der Waals surface area contributed by atoms with Crippen molar-refractivity contribution in [2.75, 3.05) is 19.7 Å². The predicted octanol–water partition coefficient (Wildman–Crippen LogP) is 2.55. The molecule has 2 rings (SSSR count). The van der Waals surface area contributed by atoms with E-state index in [1.807, 2.05) is 11.0 Å². The number of amides is 1. The lowest BCUT2D eigenvalue weighted by molar-refractivity contribution is -0.127. The molecule has 1 aromatic carbocycles. The highest BCUT2D eigenvalue weighted by atomic mass is 16.3. The van der Waals surface area contributed by atoms with Crippen LogP contribution in [0.2, 0.25) is 0 Å². The third-order valence-electron chi connectivity index (χ3n) is 3.75. The lowest BCUT2D eigenvalue weighted by Crippen LogP contribution is -2.40. The minimum Gasteiger partial charge on any atom is -0.396 e. The van der Waals surface area contributed by atoms with Gasteiger partial charge in [-0.2, -0.15) is 0 Å². The van der Waals surface area contributed by atoms with E-state index >= 15 is 0 Å². The van der Waals surface area contributed by atoms with Crippen molar-refractivity contribution >= 4 is 12.0 Å². The molecule has 108 valence electrons. The summed E-state index contributed by atoms with van der Waals surface area (Å²) in [4.78, 5) is 14.0. The van der Waals surface area contributed by atoms with Crippen LogP contribution in [0.15, 0.2) is 24.3 Å². The minimum atomic E-state index is 0.0438. The molecule has 1 amide bonds. The van der Waals surface area contributed by atoms with Gasteiger partial charge in [-0.3, -0.25) is 4.79 Å². The second-order valence-corrected chi connectivity index (χ2v) is 5.73. The van der Waals surface area contributed by atoms with Gasteiger partial charge in [0.05, 0.1) is 0 Å². The number of carbonyl (C=O) groups excluding carboxylic acids is 1. The maximum absolute atomic E-state index is 12.2. The fourth-order valence-corrected chi connectivity index (χ4v) is 2.79. The summed E-state index contributed by atoms with van der Waals surface area (Å²) in [6.07, 6.45) is 5.52. The molecule has 1 fully saturated rings. The Morgan fingerprint density at radius 1 is 1.35 bits per heavy atom. The van der Waals surface area contributed by atoms with Gasteiger partial charge < -0.3 is 10.0 Å². The summed E-state index contributed by atoms with van der Waals surface area (Å²) in [5.41, 5.74) is 3.47. The second-order valence-electron chi connectivity index (χ2n) is 5.73. The molecule has 0 spiro atoms. The first kappa shape index (κ1) is 14.8. The highest BCUT2D eigenvalue weighted by molar-refractivity contribution is 5.91. The molecule has 3 heteroatoms. The maximum Gasteiger partial charge on any atom is 0.246 e. The molecule has 0 aliphatic carbocycles. The fourth-order valence-electron chi connectivity index (χ4n) is 2.79. The zero-order valence-electron chi connectivity index (χ0n) is 12.3. The maximum atomic E-state index is 12.2. The Hall–Kier alpha value is -1.61. The molecule has 0 aromatic heterocycles. The first-order valence-corrected chi connectivity index (χ1v) is 7.24. The number of nitrogens with zero attached hydrogens (tertiary/aromatic N) is 1. The number of piperidine rings is 1. The van der Waals surface area contributed by atoms with Crippen LogP contribution >= 0.6 is 0 Å². The third kappa shape index (κ3) is 3.94. The zero-order chi connectivity index (χ0) is 14.5. The lowest BCUT2D eigenvalue weighted by atomic mass is 9.99. The van der Waals surface area contributed by atoms with Crippen LogP contribution in [0, 0.1) is 19.8 Å². The number of benzene rings is 1. The van der Waals surface area contributed by atoms with Gasteiger partial charge in [-0.05, 0) is 44.2 Å². The highest BCUT2D eigenvalue weighted by Gasteiger charge is 2.21. The van der Waals surface area contributed by atoms with Gasteiger partial charge in [0.1, 0.15) is 0 Å². The Bertz CT molecular complexity index is 487. The SMILES string of the molecule is Cc1cc(C)cc(/C=C/C(=O)N2CCCC(CO)C2)c1. The molecular formula is C17H23NO2. The summed E-state index contributed by atoms with van der Waals surface area (Å²) in [6.45, 7) is 5.76. The number of aryl methyl sites for hydroxylation is 2. The Kier molecular flexibility index (Phi) is 4.96. The van der Waals surface area contributed by atoms with Crippen molar-refractivity contribution in [2.24, 2.45) is 5.92 Å². The standard InChI is InChI=1S/C17H23NO2/c1-13-8-14(2)10-15(9-13)5-6-17(20)18-7-3-4-16(11-18)12-19/h5-6,8-10,16,19H,3-4,7,11-12H2,1-2H3/b6-5+. The smallest absolute Gasteiger partial charge is 0.246 e. The number of hydrogen-bond donors (Lipinski definition) is 1. The second kappa shape index (κ2) is 6.71. The topological polar surface area (TPSA) is 40.5 Å². The molecule has 1 heterocycles. The summed E-state index contributed by atoms with van der Waals surface area (Å²) in [6, 6.07) is 6.27. The third-order valence-corrected chi connectivity index (χ3v) is 3.75. The average molecular weight is 273 g/mol. The van der Waals surface area contributed by atoms with E-state index in [-0.39, 0.29) is 18.4 Å². The molecule has 1 unspecified atom stereocenters. The quantitative estimate of drug-likeness (QED) is 0.860. The van der Waals surface area contributed by atoms with Crippen LogP contribution in [0.4, 0.5) is 0 Å². The molecule has 1 saturated heterocycles. The lowest BCUT2D eigenvalue weighted by Gasteiger charge is -2.31. The van der Waals surface area contributed by atoms with Crippen LogP contribution in [0.1, 0.15) is 29.5 Å². The van der Waals surface area contributed by atoms with Gasteiger partial charge in [-0.15, -0.1) is 0 Å². The summed E-state index contributed by atoms with van der Waals surface area (Å²) < 4.78 is 0. The molecule has 1 aromatic rings. The number of hydrogen-bond acceptors (Lipinski definition) is 2. The average Bonchev–Trinajstić information content (AvgIpc) is 2.44. The van der Waals surface area contributed by atoms with Gasteiger partial charge in [0.25, 0.3) is 0 Å². The van der Waals surface area contributed by atoms with E-state index in [0.717, 1.165) is 24.9 Å². The molecule has 1 atom stereocenters. The van der Waals surface area contributed by atoms with Crippen molar-refractivity contribution in [3.05, 3.63) is 41.0 Å². The zero-order valence-corrected chi connectivity index (χ0v) is 12.3. The molecule has 1 aliphatic rings. The summed E-state index contributed by atoms with van der Waals surface area (Å²) in [5.74, 6) is 0.282. The van der Waals surface area contributed by atoms with Crippen molar-refractivity contribution in [3.8, 4) is 0 Å². The van der Waals surface area contributed by atoms with Crippen molar-refractivity contribution in [1.29, 1.82) is 0 Å². The van der Waals surface area contributed by atoms with E-state index < -0.39 is 0 Å². The summed E-state index contributed by atoms with van der Waals surface area (Å²) in [5, 5.41) is 9.20. The van der Waals surface area contributed by atoms with Gasteiger partial charge >= 0.3 is 0 Å². The van der Waals surface area contributed by atoms with E-state index in [9.17, 15) is 9.90 Å². The summed E-state index contributed by atoms with van der Waals surface area (Å²) >= 11 is 0. The number of likely N-dealkylation sites (tertiary alicyclic amines) is 1. The van der Waals surface area contributed by atoms with Crippen molar-refractivity contribution in [1.82, 2.24) is 4.90 Å². The largest absolute Gasteiger partial charge is 0.396 e. The number of aliphatic hydroxyl groups is 1. The van der Waals surface area contributed by atoms with E-state index in [4.69, 9.17) is 0 Å². The Balaban J connectivity index is 2.01. The normalized spacial score (nSPS) is 19.6. The molecule has 3 nitrogen and oxygen atoms in total. The number of aliphatic hydroxyl groups excluding tert-OH is 1. The van der Waals surface area contributed by atoms with Gasteiger partial charge in [0.15, 0.2) is 0 Å². The molecular weight excluding hydrogens is 250 g/mol. The molecule has 0 bridgehead atoms. The Labute approximate surface area is 120 Å². The van der Waals surface area contributed by atoms with Crippen LogP contribution in [0.25, 0.3) is 6.08 Å². The van der Waals surface area contributed by atoms with Gasteiger partial charge in [0.2, 0.25) is 5.91 Å². The first-order valence-electron chi connectivity index (χ1n) is 7.24. The fraction of sp³-hybridized carbons (Fsp3) is 0.471. The van der Waals surface area contributed by atoms with E-state index in [2.05, 4.69) is 32.0 Å². The van der Waals surface area contributed by atoms with Crippen molar-refractivity contribution in [2.45, 2.75) is 26.7 Å². The van der Waals surface area contributed by atoms with Crippen LogP contribution in [-0.2, 0) is 4.79 Å². The number of rotatable bonds is 3. The molecule has 1 aliphatic heterocycles. The monoisotopic (exact) mass is 273 g/mol. The highest BCUT2D eigenvalue weighted by Crippen LogP contribution is 2.16. The van der Waals surface area contributed by atoms with E-state index in [1.54, 1.807) is 6.08 Å². The van der Waals surface area contributed by atoms with Gasteiger partial charge in [-0.25, -0.2) is 0 Å². The van der Waals surface area contributed by atoms with Crippen molar-refractivity contribution < 1.29 is 9.90 Å². The summed E-state index contributed by atoms with van der Waals surface area (Å²) in [7, 11) is 0. The Morgan fingerprint density at radius 2 is 2.05 bits per heavy atom. The first-order chi connectivity index (χ1) is 9.58. The van der Waals surface area contributed by atoms with Crippen LogP contribution in [0.3, 0.4) is 0 Å². The van der Waals surface area contributed by atoms with E-state index in [0.29, 0.717) is 6.54 Å². The molecule has 1 N–H and O–H groups in total. The molecule has 0 radical (unpaired) electrons. The number of carbonyl (C=O) groups is 1. The van der Waals surface area contributed by atoms with Crippen LogP contribution < -0.4 is 0 Å². The van der Waals surface area contributed by atoms with Gasteiger partial charge in [-0.1, -0.05) is 29.3 Å². The van der Waals surface area contributed by atoms with Gasteiger partial charge in [0, 0.05) is 25.8 Å². The molecule has 20 heavy (non-hydrogen) atoms. The van der Waals surface area contributed by atoms with Crippen LogP contribution in [-0.4, -0.2) is 35.6 Å². The van der Waals surface area contributed by atoms with Crippen LogP contribution in [0.5, 0.6) is 0 Å².